The monoisotopic (exact) mass is 336 g/mol. The molecule has 0 aromatic heterocycles. The smallest absolute Gasteiger partial charge is 0.280 e. The highest BCUT2D eigenvalue weighted by Crippen LogP contribution is 2.16. The average Bonchev–Trinajstić information content (AvgIpc) is 2.51. The number of carbonyl (C=O) groups excluding carboxylic acids is 1. The third-order valence-electron chi connectivity index (χ3n) is 2.78. The van der Waals surface area contributed by atoms with Gasteiger partial charge in [-0.15, -0.1) is 0 Å². The predicted octanol–water partition coefficient (Wildman–Crippen LogP) is 3.91. The van der Waals surface area contributed by atoms with Gasteiger partial charge in [0.25, 0.3) is 5.91 Å². The molecule has 0 aliphatic rings. The molecule has 0 fully saturated rings. The molecule has 6 heteroatoms. The Hall–Kier alpha value is -2.04. The van der Waals surface area contributed by atoms with E-state index in [9.17, 15) is 4.79 Å². The highest BCUT2D eigenvalue weighted by molar-refractivity contribution is 6.33. The van der Waals surface area contributed by atoms with Crippen LogP contribution >= 0.6 is 23.2 Å². The van der Waals surface area contributed by atoms with Crippen LogP contribution in [0.2, 0.25) is 10.0 Å². The Balaban J connectivity index is 1.89. The number of hydrogen-bond donors (Lipinski definition) is 1. The minimum Gasteiger partial charge on any atom is -0.481 e. The molecule has 4 nitrogen and oxygen atoms in total. The molecule has 0 aliphatic carbocycles. The maximum atomic E-state index is 11.9. The third-order valence-corrected chi connectivity index (χ3v) is 3.38. The second-order valence-electron chi connectivity index (χ2n) is 4.47. The highest BCUT2D eigenvalue weighted by Gasteiger charge is 2.13. The average molecular weight is 337 g/mol. The van der Waals surface area contributed by atoms with Crippen molar-refractivity contribution < 1.29 is 9.53 Å². The highest BCUT2D eigenvalue weighted by atomic mass is 35.5. The molecule has 0 spiro atoms. The molecule has 1 amide bonds. The summed E-state index contributed by atoms with van der Waals surface area (Å²) in [4.78, 5) is 11.9. The van der Waals surface area contributed by atoms with Crippen molar-refractivity contribution in [2.45, 2.75) is 13.0 Å². The fourth-order valence-electron chi connectivity index (χ4n) is 1.61. The Morgan fingerprint density at radius 2 is 1.86 bits per heavy atom. The lowest BCUT2D eigenvalue weighted by Crippen LogP contribution is -2.33. The van der Waals surface area contributed by atoms with Crippen LogP contribution in [0, 0.1) is 0 Å². The third kappa shape index (κ3) is 4.76. The molecule has 0 saturated heterocycles. The van der Waals surface area contributed by atoms with Gasteiger partial charge in [0.15, 0.2) is 6.10 Å². The normalized spacial score (nSPS) is 12.1. The van der Waals surface area contributed by atoms with E-state index in [0.717, 1.165) is 5.56 Å². The topological polar surface area (TPSA) is 50.7 Å². The Kier molecular flexibility index (Phi) is 5.81. The first kappa shape index (κ1) is 16.3. The van der Waals surface area contributed by atoms with Crippen LogP contribution in [-0.4, -0.2) is 18.2 Å². The first-order valence-electron chi connectivity index (χ1n) is 6.56. The van der Waals surface area contributed by atoms with Crippen LogP contribution in [-0.2, 0) is 4.79 Å². The number of ether oxygens (including phenoxy) is 1. The van der Waals surface area contributed by atoms with Gasteiger partial charge in [0.2, 0.25) is 0 Å². The van der Waals surface area contributed by atoms with E-state index in [1.54, 1.807) is 43.3 Å². The summed E-state index contributed by atoms with van der Waals surface area (Å²) in [5.74, 6) is 0.195. The molecular formula is C16H14Cl2N2O2. The van der Waals surface area contributed by atoms with Crippen LogP contribution in [0.15, 0.2) is 53.6 Å². The maximum Gasteiger partial charge on any atom is 0.280 e. The van der Waals surface area contributed by atoms with Crippen LogP contribution in [0.1, 0.15) is 12.5 Å². The summed E-state index contributed by atoms with van der Waals surface area (Å²) in [5.41, 5.74) is 3.13. The summed E-state index contributed by atoms with van der Waals surface area (Å²) in [6.45, 7) is 1.63. The molecule has 1 N–H and O–H groups in total. The van der Waals surface area contributed by atoms with Crippen LogP contribution in [0.25, 0.3) is 0 Å². The lowest BCUT2D eigenvalue weighted by molar-refractivity contribution is -0.127. The van der Waals surface area contributed by atoms with Crippen molar-refractivity contribution in [1.82, 2.24) is 5.43 Å². The van der Waals surface area contributed by atoms with E-state index >= 15 is 0 Å². The summed E-state index contributed by atoms with van der Waals surface area (Å²) in [6, 6.07) is 14.0. The Bertz CT molecular complexity index is 672. The van der Waals surface area contributed by atoms with E-state index in [4.69, 9.17) is 27.9 Å². The summed E-state index contributed by atoms with van der Waals surface area (Å²) in [5, 5.41) is 5.04. The van der Waals surface area contributed by atoms with Gasteiger partial charge in [-0.3, -0.25) is 4.79 Å². The molecule has 0 saturated carbocycles. The number of nitrogens with zero attached hydrogens (tertiary/aromatic N) is 1. The van der Waals surface area contributed by atoms with Crippen molar-refractivity contribution in [2.75, 3.05) is 0 Å². The van der Waals surface area contributed by atoms with Crippen molar-refractivity contribution in [1.29, 1.82) is 0 Å². The van der Waals surface area contributed by atoms with Gasteiger partial charge in [-0.05, 0) is 37.3 Å². The quantitative estimate of drug-likeness (QED) is 0.664. The second kappa shape index (κ2) is 7.82. The van der Waals surface area contributed by atoms with E-state index in [2.05, 4.69) is 10.5 Å². The van der Waals surface area contributed by atoms with Crippen molar-refractivity contribution in [3.63, 3.8) is 0 Å². The van der Waals surface area contributed by atoms with E-state index < -0.39 is 6.10 Å². The van der Waals surface area contributed by atoms with Gasteiger partial charge >= 0.3 is 0 Å². The number of amides is 1. The SMILES string of the molecule is CC(Oc1ccc(Cl)cc1)C(=O)NN=Cc1ccccc1Cl. The zero-order valence-corrected chi connectivity index (χ0v) is 13.3. The zero-order chi connectivity index (χ0) is 15.9. The van der Waals surface area contributed by atoms with Crippen molar-refractivity contribution >= 4 is 35.3 Å². The molecule has 2 aromatic rings. The fraction of sp³-hybridized carbons (Fsp3) is 0.125. The van der Waals surface area contributed by atoms with Gasteiger partial charge in [0, 0.05) is 15.6 Å². The van der Waals surface area contributed by atoms with Gasteiger partial charge in [0.05, 0.1) is 6.21 Å². The van der Waals surface area contributed by atoms with Crippen LogP contribution < -0.4 is 10.2 Å². The van der Waals surface area contributed by atoms with Crippen molar-refractivity contribution in [2.24, 2.45) is 5.10 Å². The molecule has 1 unspecified atom stereocenters. The summed E-state index contributed by atoms with van der Waals surface area (Å²) in [6.07, 6.45) is 0.791. The predicted molar refractivity (Wildman–Crippen MR) is 88.7 cm³/mol. The summed E-state index contributed by atoms with van der Waals surface area (Å²) in [7, 11) is 0. The minimum atomic E-state index is -0.690. The minimum absolute atomic E-state index is 0.363. The van der Waals surface area contributed by atoms with Gasteiger partial charge in [0.1, 0.15) is 5.75 Å². The number of rotatable bonds is 5. The molecule has 2 rings (SSSR count). The van der Waals surface area contributed by atoms with Gasteiger partial charge in [-0.2, -0.15) is 5.10 Å². The molecular weight excluding hydrogens is 323 g/mol. The number of nitrogens with one attached hydrogen (secondary N) is 1. The van der Waals surface area contributed by atoms with Crippen LogP contribution in [0.3, 0.4) is 0 Å². The molecule has 2 aromatic carbocycles. The first-order valence-corrected chi connectivity index (χ1v) is 7.31. The standard InChI is InChI=1S/C16H14Cl2N2O2/c1-11(22-14-8-6-13(17)7-9-14)16(21)20-19-10-12-4-2-3-5-15(12)18/h2-11H,1H3,(H,20,21). The summed E-state index contributed by atoms with van der Waals surface area (Å²) < 4.78 is 5.49. The van der Waals surface area contributed by atoms with Crippen molar-refractivity contribution in [3.05, 3.63) is 64.1 Å². The second-order valence-corrected chi connectivity index (χ2v) is 5.31. The van der Waals surface area contributed by atoms with E-state index in [-0.39, 0.29) is 5.91 Å². The van der Waals surface area contributed by atoms with Gasteiger partial charge in [-0.25, -0.2) is 5.43 Å². The lowest BCUT2D eigenvalue weighted by atomic mass is 10.2. The largest absolute Gasteiger partial charge is 0.481 e. The van der Waals surface area contributed by atoms with E-state index in [1.807, 2.05) is 12.1 Å². The molecule has 114 valence electrons. The molecule has 0 radical (unpaired) electrons. The van der Waals surface area contributed by atoms with E-state index in [1.165, 1.54) is 6.21 Å². The number of hydrazone groups is 1. The molecule has 22 heavy (non-hydrogen) atoms. The first-order chi connectivity index (χ1) is 10.6. The lowest BCUT2D eigenvalue weighted by Gasteiger charge is -2.12. The molecule has 0 heterocycles. The molecule has 0 bridgehead atoms. The Labute approximate surface area is 138 Å². The number of benzene rings is 2. The van der Waals surface area contributed by atoms with E-state index in [0.29, 0.717) is 15.8 Å². The van der Waals surface area contributed by atoms with Gasteiger partial charge < -0.3 is 4.74 Å². The zero-order valence-electron chi connectivity index (χ0n) is 11.8. The van der Waals surface area contributed by atoms with Crippen molar-refractivity contribution in [3.8, 4) is 5.75 Å². The Morgan fingerprint density at radius 3 is 2.55 bits per heavy atom. The van der Waals surface area contributed by atoms with Crippen LogP contribution in [0.5, 0.6) is 5.75 Å². The maximum absolute atomic E-state index is 11.9. The fourth-order valence-corrected chi connectivity index (χ4v) is 1.92. The molecule has 1 atom stereocenters. The molecule has 0 aliphatic heterocycles. The number of halogens is 2. The van der Waals surface area contributed by atoms with Crippen LogP contribution in [0.4, 0.5) is 0 Å². The van der Waals surface area contributed by atoms with Gasteiger partial charge in [-0.1, -0.05) is 41.4 Å². The summed E-state index contributed by atoms with van der Waals surface area (Å²) >= 11 is 11.8. The number of carbonyl (C=O) groups is 1. The Morgan fingerprint density at radius 1 is 1.18 bits per heavy atom. The number of hydrogen-bond acceptors (Lipinski definition) is 3.